The molecule has 0 radical (unpaired) electrons. The van der Waals surface area contributed by atoms with Crippen LogP contribution in [0.2, 0.25) is 0 Å². The number of alkyl halides is 2. The summed E-state index contributed by atoms with van der Waals surface area (Å²) in [5.41, 5.74) is -0.267. The van der Waals surface area contributed by atoms with E-state index in [4.69, 9.17) is 0 Å². The molecular formula is C20H28F2N4O4. The predicted octanol–water partition coefficient (Wildman–Crippen LogP) is 1.94. The number of ether oxygens (including phenoxy) is 1. The zero-order valence-corrected chi connectivity index (χ0v) is 17.6. The van der Waals surface area contributed by atoms with E-state index in [1.165, 1.54) is 12.1 Å². The molecule has 0 bridgehead atoms. The van der Waals surface area contributed by atoms with Crippen molar-refractivity contribution in [1.29, 1.82) is 0 Å². The molecule has 1 atom stereocenters. The van der Waals surface area contributed by atoms with E-state index < -0.39 is 18.2 Å². The summed E-state index contributed by atoms with van der Waals surface area (Å²) in [5.74, 6) is -0.510. The summed E-state index contributed by atoms with van der Waals surface area (Å²) in [6, 6.07) is 5.63. The molecule has 1 aliphatic rings. The smallest absolute Gasteiger partial charge is 0.387 e. The van der Waals surface area contributed by atoms with Crippen LogP contribution in [0.15, 0.2) is 24.3 Å². The van der Waals surface area contributed by atoms with Gasteiger partial charge in [0.25, 0.3) is 5.91 Å². The van der Waals surface area contributed by atoms with Crippen LogP contribution in [0.1, 0.15) is 32.8 Å². The van der Waals surface area contributed by atoms with E-state index in [0.29, 0.717) is 12.8 Å². The number of urea groups is 1. The molecule has 1 aromatic rings. The Morgan fingerprint density at radius 1 is 1.27 bits per heavy atom. The molecular weight excluding hydrogens is 398 g/mol. The molecule has 1 aliphatic heterocycles. The molecule has 8 nitrogen and oxygen atoms in total. The van der Waals surface area contributed by atoms with Crippen molar-refractivity contribution in [1.82, 2.24) is 20.4 Å². The number of imide groups is 1. The molecule has 1 heterocycles. The van der Waals surface area contributed by atoms with Crippen LogP contribution in [0.25, 0.3) is 0 Å². The number of likely N-dealkylation sites (N-methyl/N-ethyl adjacent to an activating group) is 1. The van der Waals surface area contributed by atoms with Crippen LogP contribution in [0.3, 0.4) is 0 Å². The van der Waals surface area contributed by atoms with E-state index in [1.807, 2.05) is 13.8 Å². The third kappa shape index (κ3) is 6.38. The van der Waals surface area contributed by atoms with Gasteiger partial charge in [-0.25, -0.2) is 9.69 Å². The first kappa shape index (κ1) is 23.5. The zero-order valence-electron chi connectivity index (χ0n) is 17.6. The summed E-state index contributed by atoms with van der Waals surface area (Å²) in [6.07, 6.45) is 0.790. The normalized spacial score (nSPS) is 19.0. The minimum absolute atomic E-state index is 0.00177. The van der Waals surface area contributed by atoms with Gasteiger partial charge in [0.15, 0.2) is 0 Å². The lowest BCUT2D eigenvalue weighted by Crippen LogP contribution is -2.47. The van der Waals surface area contributed by atoms with Crippen LogP contribution in [-0.4, -0.2) is 66.1 Å². The Morgan fingerprint density at radius 2 is 1.90 bits per heavy atom. The predicted molar refractivity (Wildman–Crippen MR) is 106 cm³/mol. The Labute approximate surface area is 174 Å². The molecule has 1 saturated heterocycles. The van der Waals surface area contributed by atoms with Gasteiger partial charge in [0.05, 0.1) is 13.2 Å². The molecule has 10 heteroatoms. The van der Waals surface area contributed by atoms with E-state index in [1.54, 1.807) is 31.0 Å². The van der Waals surface area contributed by atoms with Crippen molar-refractivity contribution < 1.29 is 27.9 Å². The van der Waals surface area contributed by atoms with Gasteiger partial charge in [-0.2, -0.15) is 8.78 Å². The molecule has 30 heavy (non-hydrogen) atoms. The van der Waals surface area contributed by atoms with Gasteiger partial charge in [-0.3, -0.25) is 14.5 Å². The number of rotatable bonds is 10. The second-order valence-electron chi connectivity index (χ2n) is 7.90. The molecule has 0 aliphatic carbocycles. The number of hydrogen-bond donors (Lipinski definition) is 2. The largest absolute Gasteiger partial charge is 0.435 e. The van der Waals surface area contributed by atoms with E-state index in [2.05, 4.69) is 15.4 Å². The van der Waals surface area contributed by atoms with Gasteiger partial charge in [-0.1, -0.05) is 12.1 Å². The Balaban J connectivity index is 1.92. The number of benzene rings is 1. The third-order valence-electron chi connectivity index (χ3n) is 4.65. The zero-order chi connectivity index (χ0) is 22.5. The maximum atomic E-state index is 12.8. The molecule has 4 amide bonds. The van der Waals surface area contributed by atoms with Crippen LogP contribution in [0.5, 0.6) is 5.75 Å². The summed E-state index contributed by atoms with van der Waals surface area (Å²) in [7, 11) is 1.65. The first-order valence-corrected chi connectivity index (χ1v) is 9.66. The van der Waals surface area contributed by atoms with Crippen molar-refractivity contribution >= 4 is 17.8 Å². The van der Waals surface area contributed by atoms with Crippen LogP contribution in [-0.2, 0) is 16.0 Å². The Hall–Kier alpha value is -2.75. The monoisotopic (exact) mass is 426 g/mol. The van der Waals surface area contributed by atoms with Crippen molar-refractivity contribution in [3.05, 3.63) is 29.8 Å². The highest BCUT2D eigenvalue weighted by Gasteiger charge is 2.47. The Bertz CT molecular complexity index is 773. The van der Waals surface area contributed by atoms with Crippen molar-refractivity contribution in [3.8, 4) is 5.75 Å². The number of halogens is 2. The first-order valence-electron chi connectivity index (χ1n) is 9.66. The minimum atomic E-state index is -2.89. The molecule has 0 unspecified atom stereocenters. The highest BCUT2D eigenvalue weighted by Crippen LogP contribution is 2.24. The highest BCUT2D eigenvalue weighted by atomic mass is 19.3. The van der Waals surface area contributed by atoms with E-state index in [0.717, 1.165) is 10.5 Å². The number of carbonyl (C=O) groups excluding carboxylic acids is 3. The maximum Gasteiger partial charge on any atom is 0.387 e. The average molecular weight is 426 g/mol. The molecule has 0 saturated carbocycles. The van der Waals surface area contributed by atoms with Crippen molar-refractivity contribution in [2.45, 2.75) is 51.8 Å². The number of nitrogens with zero attached hydrogens (tertiary/aromatic N) is 2. The SMILES string of the molecule is CC(C)NC(=O)CN(C)CN1C(=O)N[C@@](C)(CCc2ccc(OC(F)F)cc2)C1=O. The summed E-state index contributed by atoms with van der Waals surface area (Å²) in [4.78, 5) is 39.7. The lowest BCUT2D eigenvalue weighted by molar-refractivity contribution is -0.133. The van der Waals surface area contributed by atoms with Gasteiger partial charge < -0.3 is 15.4 Å². The van der Waals surface area contributed by atoms with Crippen LogP contribution < -0.4 is 15.4 Å². The van der Waals surface area contributed by atoms with Gasteiger partial charge >= 0.3 is 12.6 Å². The van der Waals surface area contributed by atoms with Crippen molar-refractivity contribution in [2.75, 3.05) is 20.3 Å². The van der Waals surface area contributed by atoms with Crippen LogP contribution in [0, 0.1) is 0 Å². The molecule has 166 valence electrons. The Kier molecular flexibility index (Phi) is 7.71. The van der Waals surface area contributed by atoms with Gasteiger partial charge in [0.1, 0.15) is 11.3 Å². The number of amides is 4. The number of aryl methyl sites for hydroxylation is 1. The third-order valence-corrected chi connectivity index (χ3v) is 4.65. The van der Waals surface area contributed by atoms with Crippen LogP contribution >= 0.6 is 0 Å². The lowest BCUT2D eigenvalue weighted by Gasteiger charge is -2.24. The topological polar surface area (TPSA) is 91.0 Å². The van der Waals surface area contributed by atoms with E-state index in [9.17, 15) is 23.2 Å². The standard InChI is InChI=1S/C20H28F2N4O4/c1-13(2)23-16(27)11-25(4)12-26-17(28)20(3,24-19(26)29)10-9-14-5-7-15(8-6-14)30-18(21)22/h5-8,13,18H,9-12H2,1-4H3,(H,23,27)(H,24,29)/t20-/m0/s1. The van der Waals surface area contributed by atoms with Crippen molar-refractivity contribution in [2.24, 2.45) is 0 Å². The van der Waals surface area contributed by atoms with Crippen LogP contribution in [0.4, 0.5) is 13.6 Å². The van der Waals surface area contributed by atoms with Gasteiger partial charge in [-0.15, -0.1) is 0 Å². The lowest BCUT2D eigenvalue weighted by atomic mass is 9.93. The maximum absolute atomic E-state index is 12.8. The van der Waals surface area contributed by atoms with Gasteiger partial charge in [0.2, 0.25) is 5.91 Å². The number of carbonyl (C=O) groups is 3. The fourth-order valence-corrected chi connectivity index (χ4v) is 3.18. The fourth-order valence-electron chi connectivity index (χ4n) is 3.18. The Morgan fingerprint density at radius 3 is 2.47 bits per heavy atom. The molecule has 1 aromatic carbocycles. The van der Waals surface area contributed by atoms with Gasteiger partial charge in [-0.05, 0) is 58.4 Å². The number of nitrogens with one attached hydrogen (secondary N) is 2. The summed E-state index contributed by atoms with van der Waals surface area (Å²) in [6.45, 7) is 2.50. The number of hydrogen-bond acceptors (Lipinski definition) is 5. The second-order valence-corrected chi connectivity index (χ2v) is 7.90. The molecule has 0 spiro atoms. The molecule has 2 N–H and O–H groups in total. The quantitative estimate of drug-likeness (QED) is 0.558. The van der Waals surface area contributed by atoms with E-state index in [-0.39, 0.29) is 36.8 Å². The molecule has 1 fully saturated rings. The average Bonchev–Trinajstić information content (AvgIpc) is 2.83. The minimum Gasteiger partial charge on any atom is -0.435 e. The van der Waals surface area contributed by atoms with E-state index >= 15 is 0 Å². The summed E-state index contributed by atoms with van der Waals surface area (Å²) < 4.78 is 28.8. The first-order chi connectivity index (χ1) is 14.0. The summed E-state index contributed by atoms with van der Waals surface area (Å²) in [5, 5.41) is 5.47. The highest BCUT2D eigenvalue weighted by molar-refractivity contribution is 6.06. The molecule has 0 aromatic heterocycles. The second kappa shape index (κ2) is 9.84. The van der Waals surface area contributed by atoms with Crippen molar-refractivity contribution in [3.63, 3.8) is 0 Å². The fraction of sp³-hybridized carbons (Fsp3) is 0.550. The van der Waals surface area contributed by atoms with Gasteiger partial charge in [0, 0.05) is 6.04 Å². The summed E-state index contributed by atoms with van der Waals surface area (Å²) >= 11 is 0. The molecule has 2 rings (SSSR count).